The molecule has 1 aromatic heterocycles. The van der Waals surface area contributed by atoms with Crippen LogP contribution in [0.2, 0.25) is 0 Å². The van der Waals surface area contributed by atoms with Gasteiger partial charge in [-0.25, -0.2) is 4.98 Å². The molecule has 2 rings (SSSR count). The van der Waals surface area contributed by atoms with Crippen molar-refractivity contribution in [1.29, 1.82) is 0 Å². The minimum absolute atomic E-state index is 0.235. The SMILES string of the molecule is CCCCc1ccc(NC(=O)c2ccc(C)nc2N)cc1. The van der Waals surface area contributed by atoms with Gasteiger partial charge in [0.1, 0.15) is 5.82 Å². The second kappa shape index (κ2) is 6.88. The van der Waals surface area contributed by atoms with Crippen molar-refractivity contribution in [3.05, 3.63) is 53.2 Å². The third kappa shape index (κ3) is 4.05. The standard InChI is InChI=1S/C17H21N3O/c1-3-4-5-13-7-9-14(10-8-13)20-17(21)15-11-6-12(2)19-16(15)18/h6-11H,3-5H2,1-2H3,(H2,18,19)(H,20,21). The summed E-state index contributed by atoms with van der Waals surface area (Å²) >= 11 is 0. The van der Waals surface area contributed by atoms with Gasteiger partial charge < -0.3 is 11.1 Å². The maximum Gasteiger partial charge on any atom is 0.259 e. The van der Waals surface area contributed by atoms with E-state index in [-0.39, 0.29) is 11.7 Å². The smallest absolute Gasteiger partial charge is 0.259 e. The monoisotopic (exact) mass is 283 g/mol. The second-order valence-corrected chi connectivity index (χ2v) is 5.14. The molecule has 110 valence electrons. The average molecular weight is 283 g/mol. The molecule has 0 saturated carbocycles. The lowest BCUT2D eigenvalue weighted by Gasteiger charge is -2.08. The van der Waals surface area contributed by atoms with Gasteiger partial charge in [-0.05, 0) is 49.6 Å². The molecule has 0 radical (unpaired) electrons. The Hall–Kier alpha value is -2.36. The highest BCUT2D eigenvalue weighted by molar-refractivity contribution is 6.07. The third-order valence-electron chi connectivity index (χ3n) is 3.34. The molecule has 0 aliphatic heterocycles. The normalized spacial score (nSPS) is 10.4. The van der Waals surface area contributed by atoms with Gasteiger partial charge in [-0.15, -0.1) is 0 Å². The number of anilines is 2. The van der Waals surface area contributed by atoms with Crippen LogP contribution in [0.1, 0.15) is 41.4 Å². The molecule has 0 aliphatic carbocycles. The Kier molecular flexibility index (Phi) is 4.93. The maximum atomic E-state index is 12.2. The summed E-state index contributed by atoms with van der Waals surface area (Å²) in [5.74, 6) is 0.0216. The largest absolute Gasteiger partial charge is 0.383 e. The van der Waals surface area contributed by atoms with Gasteiger partial charge in [-0.2, -0.15) is 0 Å². The molecule has 3 N–H and O–H groups in total. The molecule has 1 amide bonds. The topological polar surface area (TPSA) is 68.0 Å². The Morgan fingerprint density at radius 1 is 1.19 bits per heavy atom. The van der Waals surface area contributed by atoms with Crippen molar-refractivity contribution in [3.63, 3.8) is 0 Å². The lowest BCUT2D eigenvalue weighted by atomic mass is 10.1. The molecule has 4 nitrogen and oxygen atoms in total. The third-order valence-corrected chi connectivity index (χ3v) is 3.34. The summed E-state index contributed by atoms with van der Waals surface area (Å²) in [5, 5.41) is 2.84. The maximum absolute atomic E-state index is 12.2. The van der Waals surface area contributed by atoms with E-state index in [1.54, 1.807) is 12.1 Å². The number of carbonyl (C=O) groups excluding carboxylic acids is 1. The summed E-state index contributed by atoms with van der Waals surface area (Å²) in [6, 6.07) is 11.4. The number of pyridine rings is 1. The number of carbonyl (C=O) groups is 1. The number of rotatable bonds is 5. The molecule has 0 atom stereocenters. The molecule has 0 unspecified atom stereocenters. The van der Waals surface area contributed by atoms with E-state index in [1.807, 2.05) is 31.2 Å². The fraction of sp³-hybridized carbons (Fsp3) is 0.294. The quantitative estimate of drug-likeness (QED) is 0.881. The van der Waals surface area contributed by atoms with E-state index in [0.29, 0.717) is 5.56 Å². The number of hydrogen-bond acceptors (Lipinski definition) is 3. The summed E-state index contributed by atoms with van der Waals surface area (Å²) in [4.78, 5) is 16.3. The lowest BCUT2D eigenvalue weighted by Crippen LogP contribution is -2.15. The van der Waals surface area contributed by atoms with E-state index in [9.17, 15) is 4.79 Å². The molecular formula is C17H21N3O. The number of amides is 1. The van der Waals surface area contributed by atoms with E-state index in [4.69, 9.17) is 5.73 Å². The van der Waals surface area contributed by atoms with Crippen molar-refractivity contribution in [2.75, 3.05) is 11.1 Å². The number of hydrogen-bond donors (Lipinski definition) is 2. The van der Waals surface area contributed by atoms with Crippen LogP contribution in [0.25, 0.3) is 0 Å². The number of nitrogens with two attached hydrogens (primary N) is 1. The number of nitrogen functional groups attached to an aromatic ring is 1. The van der Waals surface area contributed by atoms with Gasteiger partial charge in [-0.3, -0.25) is 4.79 Å². The molecule has 0 bridgehead atoms. The van der Waals surface area contributed by atoms with Gasteiger partial charge in [0, 0.05) is 11.4 Å². The summed E-state index contributed by atoms with van der Waals surface area (Å²) < 4.78 is 0. The number of aryl methyl sites for hydroxylation is 2. The zero-order valence-electron chi connectivity index (χ0n) is 12.5. The van der Waals surface area contributed by atoms with Crippen LogP contribution in [-0.2, 0) is 6.42 Å². The van der Waals surface area contributed by atoms with Gasteiger partial charge >= 0.3 is 0 Å². The number of nitrogens with zero attached hydrogens (tertiary/aromatic N) is 1. The van der Waals surface area contributed by atoms with Crippen molar-refractivity contribution in [2.45, 2.75) is 33.1 Å². The highest BCUT2D eigenvalue weighted by atomic mass is 16.1. The van der Waals surface area contributed by atoms with Crippen LogP contribution in [0.15, 0.2) is 36.4 Å². The van der Waals surface area contributed by atoms with E-state index in [0.717, 1.165) is 17.8 Å². The van der Waals surface area contributed by atoms with Crippen LogP contribution < -0.4 is 11.1 Å². The molecule has 4 heteroatoms. The Labute approximate surface area is 125 Å². The lowest BCUT2D eigenvalue weighted by molar-refractivity contribution is 0.102. The van der Waals surface area contributed by atoms with Crippen LogP contribution in [0.5, 0.6) is 0 Å². The molecule has 0 saturated heterocycles. The summed E-state index contributed by atoms with van der Waals surface area (Å²) in [6.07, 6.45) is 3.43. The van der Waals surface area contributed by atoms with E-state index >= 15 is 0 Å². The molecular weight excluding hydrogens is 262 g/mol. The number of aromatic nitrogens is 1. The predicted molar refractivity (Wildman–Crippen MR) is 86.4 cm³/mol. The van der Waals surface area contributed by atoms with Crippen molar-refractivity contribution in [2.24, 2.45) is 0 Å². The van der Waals surface area contributed by atoms with Crippen LogP contribution >= 0.6 is 0 Å². The molecule has 2 aromatic rings. The Bertz CT molecular complexity index is 620. The van der Waals surface area contributed by atoms with Crippen LogP contribution in [0.3, 0.4) is 0 Å². The molecule has 21 heavy (non-hydrogen) atoms. The molecule has 1 aromatic carbocycles. The number of nitrogens with one attached hydrogen (secondary N) is 1. The highest BCUT2D eigenvalue weighted by Gasteiger charge is 2.11. The van der Waals surface area contributed by atoms with Crippen molar-refractivity contribution >= 4 is 17.4 Å². The van der Waals surface area contributed by atoms with Gasteiger partial charge in [0.2, 0.25) is 0 Å². The van der Waals surface area contributed by atoms with Crippen molar-refractivity contribution < 1.29 is 4.79 Å². The molecule has 0 aliphatic rings. The van der Waals surface area contributed by atoms with Crippen LogP contribution in [0, 0.1) is 6.92 Å². The van der Waals surface area contributed by atoms with Crippen LogP contribution in [0.4, 0.5) is 11.5 Å². The van der Waals surface area contributed by atoms with Crippen molar-refractivity contribution in [1.82, 2.24) is 4.98 Å². The minimum Gasteiger partial charge on any atom is -0.383 e. The molecule has 1 heterocycles. The number of benzene rings is 1. The average Bonchev–Trinajstić information content (AvgIpc) is 2.46. The minimum atomic E-state index is -0.235. The van der Waals surface area contributed by atoms with Gasteiger partial charge in [0.15, 0.2) is 0 Å². The first kappa shape index (κ1) is 15.0. The summed E-state index contributed by atoms with van der Waals surface area (Å²) in [5.41, 5.74) is 9.03. The zero-order valence-corrected chi connectivity index (χ0v) is 12.5. The van der Waals surface area contributed by atoms with E-state index in [2.05, 4.69) is 17.2 Å². The first-order valence-electron chi connectivity index (χ1n) is 7.23. The Morgan fingerprint density at radius 2 is 1.90 bits per heavy atom. The Balaban J connectivity index is 2.05. The predicted octanol–water partition coefficient (Wildman–Crippen LogP) is 3.57. The first-order chi connectivity index (χ1) is 10.1. The van der Waals surface area contributed by atoms with Crippen LogP contribution in [-0.4, -0.2) is 10.9 Å². The Morgan fingerprint density at radius 3 is 2.52 bits per heavy atom. The first-order valence-corrected chi connectivity index (χ1v) is 7.23. The summed E-state index contributed by atoms with van der Waals surface area (Å²) in [7, 11) is 0. The second-order valence-electron chi connectivity index (χ2n) is 5.14. The molecule has 0 fully saturated rings. The molecule has 0 spiro atoms. The highest BCUT2D eigenvalue weighted by Crippen LogP contribution is 2.15. The fourth-order valence-corrected chi connectivity index (χ4v) is 2.10. The van der Waals surface area contributed by atoms with Crippen molar-refractivity contribution in [3.8, 4) is 0 Å². The van der Waals surface area contributed by atoms with E-state index < -0.39 is 0 Å². The fourth-order valence-electron chi connectivity index (χ4n) is 2.10. The van der Waals surface area contributed by atoms with Gasteiger partial charge in [0.25, 0.3) is 5.91 Å². The summed E-state index contributed by atoms with van der Waals surface area (Å²) in [6.45, 7) is 4.02. The van der Waals surface area contributed by atoms with Gasteiger partial charge in [-0.1, -0.05) is 25.5 Å². The van der Waals surface area contributed by atoms with E-state index in [1.165, 1.54) is 18.4 Å². The number of unbranched alkanes of at least 4 members (excludes halogenated alkanes) is 1. The van der Waals surface area contributed by atoms with Gasteiger partial charge in [0.05, 0.1) is 5.56 Å². The zero-order chi connectivity index (χ0) is 15.2.